The van der Waals surface area contributed by atoms with Crippen LogP contribution in [0.25, 0.3) is 22.7 Å². The zero-order valence-electron chi connectivity index (χ0n) is 16.9. The van der Waals surface area contributed by atoms with Gasteiger partial charge in [0.05, 0.1) is 12.8 Å². The molecule has 7 heteroatoms. The SMILES string of the molecule is COc1ccc(-c2nc3ncccc3o2)cc1NC(=O)COc1ccc(C)cc1C. The van der Waals surface area contributed by atoms with Crippen molar-refractivity contribution in [2.45, 2.75) is 13.8 Å². The Morgan fingerprint density at radius 3 is 2.70 bits per heavy atom. The van der Waals surface area contributed by atoms with Crippen LogP contribution in [-0.2, 0) is 4.79 Å². The van der Waals surface area contributed by atoms with Gasteiger partial charge in [-0.2, -0.15) is 4.98 Å². The molecule has 0 saturated carbocycles. The van der Waals surface area contributed by atoms with Crippen molar-refractivity contribution in [3.63, 3.8) is 0 Å². The number of fused-ring (bicyclic) bond motifs is 1. The minimum atomic E-state index is -0.301. The van der Waals surface area contributed by atoms with E-state index in [1.807, 2.05) is 38.1 Å². The smallest absolute Gasteiger partial charge is 0.262 e. The molecule has 4 rings (SSSR count). The number of hydrogen-bond donors (Lipinski definition) is 1. The first kappa shape index (κ1) is 19.4. The third-order valence-corrected chi connectivity index (χ3v) is 4.57. The largest absolute Gasteiger partial charge is 0.495 e. The van der Waals surface area contributed by atoms with E-state index >= 15 is 0 Å². The Balaban J connectivity index is 1.52. The summed E-state index contributed by atoms with van der Waals surface area (Å²) in [5.74, 6) is 1.31. The molecule has 0 aliphatic carbocycles. The summed E-state index contributed by atoms with van der Waals surface area (Å²) >= 11 is 0. The Hall–Kier alpha value is -3.87. The highest BCUT2D eigenvalue weighted by molar-refractivity contribution is 5.94. The molecule has 0 radical (unpaired) electrons. The molecule has 2 heterocycles. The number of anilines is 1. The number of methoxy groups -OCH3 is 1. The second-order valence-electron chi connectivity index (χ2n) is 6.87. The maximum Gasteiger partial charge on any atom is 0.262 e. The second kappa shape index (κ2) is 8.24. The van der Waals surface area contributed by atoms with Crippen molar-refractivity contribution in [3.8, 4) is 23.0 Å². The van der Waals surface area contributed by atoms with Gasteiger partial charge >= 0.3 is 0 Å². The number of amides is 1. The van der Waals surface area contributed by atoms with E-state index in [1.165, 1.54) is 0 Å². The number of aryl methyl sites for hydroxylation is 2. The number of carbonyl (C=O) groups excluding carboxylic acids is 1. The van der Waals surface area contributed by atoms with Crippen LogP contribution in [0.1, 0.15) is 11.1 Å². The molecule has 0 fully saturated rings. The molecular formula is C23H21N3O4. The molecule has 30 heavy (non-hydrogen) atoms. The molecule has 0 atom stereocenters. The summed E-state index contributed by atoms with van der Waals surface area (Å²) in [5.41, 5.74) is 4.43. The highest BCUT2D eigenvalue weighted by Gasteiger charge is 2.14. The van der Waals surface area contributed by atoms with Crippen molar-refractivity contribution in [1.82, 2.24) is 9.97 Å². The Labute approximate surface area is 173 Å². The molecule has 0 saturated heterocycles. The van der Waals surface area contributed by atoms with E-state index in [0.717, 1.165) is 11.1 Å². The number of benzene rings is 2. The first-order valence-electron chi connectivity index (χ1n) is 9.43. The van der Waals surface area contributed by atoms with Gasteiger partial charge in [0, 0.05) is 11.8 Å². The highest BCUT2D eigenvalue weighted by Crippen LogP contribution is 2.31. The second-order valence-corrected chi connectivity index (χ2v) is 6.87. The highest BCUT2D eigenvalue weighted by atomic mass is 16.5. The van der Waals surface area contributed by atoms with Crippen LogP contribution in [0.2, 0.25) is 0 Å². The molecule has 7 nitrogen and oxygen atoms in total. The molecule has 0 bridgehead atoms. The third-order valence-electron chi connectivity index (χ3n) is 4.57. The van der Waals surface area contributed by atoms with Gasteiger partial charge in [0.1, 0.15) is 11.5 Å². The van der Waals surface area contributed by atoms with Gasteiger partial charge in [-0.1, -0.05) is 17.7 Å². The molecule has 0 aliphatic rings. The predicted octanol–water partition coefficient (Wildman–Crippen LogP) is 4.53. The van der Waals surface area contributed by atoms with E-state index in [1.54, 1.807) is 37.6 Å². The summed E-state index contributed by atoms with van der Waals surface area (Å²) in [5, 5.41) is 2.83. The molecule has 1 N–H and O–H groups in total. The molecule has 0 spiro atoms. The Morgan fingerprint density at radius 1 is 1.10 bits per heavy atom. The van der Waals surface area contributed by atoms with Crippen molar-refractivity contribution in [2.24, 2.45) is 0 Å². The zero-order chi connectivity index (χ0) is 21.1. The van der Waals surface area contributed by atoms with Crippen LogP contribution in [0, 0.1) is 13.8 Å². The van der Waals surface area contributed by atoms with E-state index in [9.17, 15) is 4.79 Å². The monoisotopic (exact) mass is 403 g/mol. The van der Waals surface area contributed by atoms with Gasteiger partial charge in [-0.3, -0.25) is 4.79 Å². The number of nitrogens with zero attached hydrogens (tertiary/aromatic N) is 2. The standard InChI is InChI=1S/C23H21N3O4/c1-14-6-8-18(15(2)11-14)29-13-21(27)25-17-12-16(7-9-19(17)28-3)23-26-22-20(30-23)5-4-10-24-22/h4-12H,13H2,1-3H3,(H,25,27). The first-order valence-corrected chi connectivity index (χ1v) is 9.43. The third kappa shape index (κ3) is 4.10. The molecular weight excluding hydrogens is 382 g/mol. The number of nitrogens with one attached hydrogen (secondary N) is 1. The van der Waals surface area contributed by atoms with E-state index in [0.29, 0.717) is 39.9 Å². The molecule has 152 valence electrons. The normalized spacial score (nSPS) is 10.8. The lowest BCUT2D eigenvalue weighted by Gasteiger charge is -2.13. The number of ether oxygens (including phenoxy) is 2. The minimum Gasteiger partial charge on any atom is -0.495 e. The number of aromatic nitrogens is 2. The average molecular weight is 403 g/mol. The van der Waals surface area contributed by atoms with Gasteiger partial charge in [0.25, 0.3) is 5.91 Å². The number of carbonyl (C=O) groups is 1. The maximum absolute atomic E-state index is 12.5. The lowest BCUT2D eigenvalue weighted by Crippen LogP contribution is -2.20. The fourth-order valence-electron chi connectivity index (χ4n) is 3.12. The fourth-order valence-corrected chi connectivity index (χ4v) is 3.12. The van der Waals surface area contributed by atoms with E-state index < -0.39 is 0 Å². The predicted molar refractivity (Wildman–Crippen MR) is 114 cm³/mol. The summed E-state index contributed by atoms with van der Waals surface area (Å²) in [6, 6.07) is 14.7. The van der Waals surface area contributed by atoms with Gasteiger partial charge in [0.2, 0.25) is 5.89 Å². The minimum absolute atomic E-state index is 0.121. The molecule has 0 aliphatic heterocycles. The van der Waals surface area contributed by atoms with Crippen LogP contribution in [0.4, 0.5) is 5.69 Å². The summed E-state index contributed by atoms with van der Waals surface area (Å²) in [7, 11) is 1.54. The zero-order valence-corrected chi connectivity index (χ0v) is 16.9. The number of oxazole rings is 1. The Kier molecular flexibility index (Phi) is 5.34. The summed E-state index contributed by atoms with van der Waals surface area (Å²) in [6.07, 6.45) is 1.66. The van der Waals surface area contributed by atoms with Gasteiger partial charge in [0.15, 0.2) is 17.8 Å². The molecule has 4 aromatic rings. The number of hydrogen-bond acceptors (Lipinski definition) is 6. The molecule has 2 aromatic carbocycles. The number of pyridine rings is 1. The van der Waals surface area contributed by atoms with E-state index in [4.69, 9.17) is 13.9 Å². The van der Waals surface area contributed by atoms with Crippen LogP contribution < -0.4 is 14.8 Å². The number of rotatable bonds is 6. The summed E-state index contributed by atoms with van der Waals surface area (Å²) in [4.78, 5) is 21.1. The molecule has 0 unspecified atom stereocenters. The quantitative estimate of drug-likeness (QED) is 0.509. The van der Waals surface area contributed by atoms with Gasteiger partial charge in [-0.25, -0.2) is 4.98 Å². The first-order chi connectivity index (χ1) is 14.5. The van der Waals surface area contributed by atoms with Crippen molar-refractivity contribution >= 4 is 22.8 Å². The topological polar surface area (TPSA) is 86.5 Å². The van der Waals surface area contributed by atoms with Gasteiger partial charge in [-0.05, 0) is 55.8 Å². The fraction of sp³-hybridized carbons (Fsp3) is 0.174. The van der Waals surface area contributed by atoms with Crippen molar-refractivity contribution in [3.05, 3.63) is 65.9 Å². The van der Waals surface area contributed by atoms with E-state index in [-0.39, 0.29) is 12.5 Å². The van der Waals surface area contributed by atoms with Gasteiger partial charge < -0.3 is 19.2 Å². The Morgan fingerprint density at radius 2 is 1.93 bits per heavy atom. The van der Waals surface area contributed by atoms with Crippen molar-refractivity contribution < 1.29 is 18.7 Å². The molecule has 1 amide bonds. The lowest BCUT2D eigenvalue weighted by atomic mass is 10.1. The average Bonchev–Trinajstić information content (AvgIpc) is 3.17. The Bertz CT molecular complexity index is 1180. The lowest BCUT2D eigenvalue weighted by molar-refractivity contribution is -0.118. The van der Waals surface area contributed by atoms with Crippen LogP contribution in [0.15, 0.2) is 59.1 Å². The van der Waals surface area contributed by atoms with Crippen LogP contribution in [0.5, 0.6) is 11.5 Å². The van der Waals surface area contributed by atoms with Crippen molar-refractivity contribution in [2.75, 3.05) is 19.0 Å². The van der Waals surface area contributed by atoms with Crippen LogP contribution in [-0.4, -0.2) is 29.6 Å². The van der Waals surface area contributed by atoms with Crippen molar-refractivity contribution in [1.29, 1.82) is 0 Å². The van der Waals surface area contributed by atoms with Gasteiger partial charge in [-0.15, -0.1) is 0 Å². The maximum atomic E-state index is 12.5. The molecule has 2 aromatic heterocycles. The summed E-state index contributed by atoms with van der Waals surface area (Å²) < 4.78 is 16.8. The van der Waals surface area contributed by atoms with Crippen LogP contribution >= 0.6 is 0 Å². The van der Waals surface area contributed by atoms with Crippen LogP contribution in [0.3, 0.4) is 0 Å². The van der Waals surface area contributed by atoms with E-state index in [2.05, 4.69) is 15.3 Å². The summed E-state index contributed by atoms with van der Waals surface area (Å²) in [6.45, 7) is 3.84.